The van der Waals surface area contributed by atoms with Crippen molar-refractivity contribution in [3.05, 3.63) is 129 Å². The molecule has 0 unspecified atom stereocenters. The van der Waals surface area contributed by atoms with Crippen LogP contribution < -0.4 is 9.54 Å². The van der Waals surface area contributed by atoms with Gasteiger partial charge in [-0.15, -0.1) is 0 Å². The molecule has 0 saturated carbocycles. The largest absolute Gasteiger partial charge is 0.465 e. The van der Waals surface area contributed by atoms with Crippen LogP contribution in [-0.2, 0) is 21.5 Å². The maximum Gasteiger partial charge on any atom is 0.399 e. The molecule has 4 aromatic carbocycles. The van der Waals surface area contributed by atoms with E-state index in [0.717, 1.165) is 17.4 Å². The third kappa shape index (κ3) is 7.38. The standard InChI is InChI=1S/C31H23BrF2N3O7PS/c1-43-29(39)22-10-6-12-24(17-22)44-23-11-5-9-21(16-23)28-36-37(30(46-28)35-27(38)20-7-3-2-4-8-20)18-19-13-14-25(26(32)15-19)31(33,34)45(40,41)42/h2-17H,18H2,1H3,(H2,40,41,42). The number of hydrogen-bond acceptors (Lipinski definition) is 7. The van der Waals surface area contributed by atoms with Crippen molar-refractivity contribution < 1.29 is 42.2 Å². The first kappa shape index (κ1) is 33.0. The summed E-state index contributed by atoms with van der Waals surface area (Å²) in [6.07, 6.45) is 0. The monoisotopic (exact) mass is 729 g/mol. The Labute approximate surface area is 272 Å². The number of carbonyl (C=O) groups is 2. The van der Waals surface area contributed by atoms with Gasteiger partial charge in [-0.25, -0.2) is 9.48 Å². The van der Waals surface area contributed by atoms with Crippen LogP contribution in [0, 0.1) is 0 Å². The zero-order chi connectivity index (χ0) is 33.1. The van der Waals surface area contributed by atoms with Crippen molar-refractivity contribution in [3.63, 3.8) is 0 Å². The summed E-state index contributed by atoms with van der Waals surface area (Å²) in [5, 5.41) is 5.10. The molecule has 5 aromatic rings. The number of ether oxygens (including phenoxy) is 2. The van der Waals surface area contributed by atoms with Gasteiger partial charge < -0.3 is 19.3 Å². The average molecular weight is 730 g/mol. The lowest BCUT2D eigenvalue weighted by Gasteiger charge is -2.19. The van der Waals surface area contributed by atoms with E-state index >= 15 is 0 Å². The van der Waals surface area contributed by atoms with Crippen molar-refractivity contribution in [2.75, 3.05) is 7.11 Å². The van der Waals surface area contributed by atoms with Crippen LogP contribution in [0.2, 0.25) is 0 Å². The molecule has 1 heterocycles. The van der Waals surface area contributed by atoms with Gasteiger partial charge in [0, 0.05) is 21.2 Å². The number of alkyl halides is 2. The number of hydrogen-bond donors (Lipinski definition) is 2. The molecule has 0 aliphatic rings. The molecule has 0 bridgehead atoms. The van der Waals surface area contributed by atoms with Gasteiger partial charge in [0.1, 0.15) is 16.5 Å². The Morgan fingerprint density at radius 1 is 0.957 bits per heavy atom. The van der Waals surface area contributed by atoms with Gasteiger partial charge in [-0.3, -0.25) is 9.36 Å². The predicted molar refractivity (Wildman–Crippen MR) is 169 cm³/mol. The molecule has 2 N–H and O–H groups in total. The van der Waals surface area contributed by atoms with Crippen LogP contribution in [0.25, 0.3) is 10.6 Å². The van der Waals surface area contributed by atoms with E-state index in [2.05, 4.69) is 26.0 Å². The Kier molecular flexibility index (Phi) is 9.75. The lowest BCUT2D eigenvalue weighted by atomic mass is 10.1. The molecule has 5 rings (SSSR count). The van der Waals surface area contributed by atoms with Crippen molar-refractivity contribution in [3.8, 4) is 22.1 Å². The van der Waals surface area contributed by atoms with Crippen molar-refractivity contribution in [1.82, 2.24) is 9.78 Å². The molecule has 0 fully saturated rings. The minimum Gasteiger partial charge on any atom is -0.465 e. The number of aromatic nitrogens is 2. The number of esters is 1. The highest BCUT2D eigenvalue weighted by molar-refractivity contribution is 9.10. The lowest BCUT2D eigenvalue weighted by molar-refractivity contribution is 0.0557. The van der Waals surface area contributed by atoms with E-state index in [1.807, 2.05) is 0 Å². The Balaban J connectivity index is 1.51. The number of amides is 1. The first-order chi connectivity index (χ1) is 21.9. The van der Waals surface area contributed by atoms with Gasteiger partial charge in [-0.1, -0.05) is 75.8 Å². The number of halogens is 3. The van der Waals surface area contributed by atoms with Crippen molar-refractivity contribution in [2.24, 2.45) is 4.99 Å². The van der Waals surface area contributed by atoms with Crippen molar-refractivity contribution in [1.29, 1.82) is 0 Å². The van der Waals surface area contributed by atoms with Gasteiger partial charge in [0.15, 0.2) is 0 Å². The van der Waals surface area contributed by atoms with Crippen LogP contribution in [0.3, 0.4) is 0 Å². The Hall–Kier alpha value is -4.33. The highest BCUT2D eigenvalue weighted by atomic mass is 79.9. The Morgan fingerprint density at radius 3 is 2.30 bits per heavy atom. The fourth-order valence-corrected chi connectivity index (χ4v) is 6.44. The zero-order valence-electron chi connectivity index (χ0n) is 23.7. The molecule has 10 nitrogen and oxygen atoms in total. The van der Waals surface area contributed by atoms with Crippen LogP contribution in [0.4, 0.5) is 8.78 Å². The molecule has 0 aliphatic carbocycles. The molecule has 0 aliphatic heterocycles. The van der Waals surface area contributed by atoms with Crippen molar-refractivity contribution >= 4 is 46.7 Å². The summed E-state index contributed by atoms with van der Waals surface area (Å²) in [4.78, 5) is 47.7. The summed E-state index contributed by atoms with van der Waals surface area (Å²) in [7, 11) is -4.50. The summed E-state index contributed by atoms with van der Waals surface area (Å²) in [6.45, 7) is -0.0196. The second-order valence-corrected chi connectivity index (χ2v) is 13.1. The van der Waals surface area contributed by atoms with Crippen LogP contribution in [0.5, 0.6) is 11.5 Å². The summed E-state index contributed by atoms with van der Waals surface area (Å²) < 4.78 is 52.1. The number of benzene rings is 4. The molecule has 0 atom stereocenters. The highest BCUT2D eigenvalue weighted by Crippen LogP contribution is 2.60. The minimum absolute atomic E-state index is 0.0196. The minimum atomic E-state index is -5.78. The van der Waals surface area contributed by atoms with E-state index < -0.39 is 30.7 Å². The van der Waals surface area contributed by atoms with E-state index in [4.69, 9.17) is 19.3 Å². The topological polar surface area (TPSA) is 140 Å². The number of methoxy groups -OCH3 is 1. The van der Waals surface area contributed by atoms with Gasteiger partial charge in [0.25, 0.3) is 5.91 Å². The molecular weight excluding hydrogens is 707 g/mol. The van der Waals surface area contributed by atoms with Crippen LogP contribution in [-0.4, -0.2) is 38.6 Å². The molecule has 0 radical (unpaired) electrons. The summed E-state index contributed by atoms with van der Waals surface area (Å²) in [5.74, 6) is -0.197. The fraction of sp³-hybridized carbons (Fsp3) is 0.0968. The molecule has 0 spiro atoms. The lowest BCUT2D eigenvalue weighted by Crippen LogP contribution is -2.20. The third-order valence-corrected chi connectivity index (χ3v) is 9.09. The molecule has 46 heavy (non-hydrogen) atoms. The van der Waals surface area contributed by atoms with Crippen LogP contribution in [0.1, 0.15) is 31.8 Å². The quantitative estimate of drug-likeness (QED) is 0.123. The SMILES string of the molecule is COC(=O)c1cccc(Oc2cccc(-c3nn(Cc4ccc(C(F)(F)P(=O)(O)O)c(Br)c4)c(=NC(=O)c4ccccc4)s3)c2)c1. The molecular formula is C31H23BrF2N3O7PS. The molecule has 1 aromatic heterocycles. The van der Waals surface area contributed by atoms with Crippen molar-refractivity contribution in [2.45, 2.75) is 12.2 Å². The first-order valence-electron chi connectivity index (χ1n) is 13.3. The molecule has 236 valence electrons. The van der Waals surface area contributed by atoms with Crippen LogP contribution >= 0.6 is 34.9 Å². The second kappa shape index (κ2) is 13.6. The van der Waals surface area contributed by atoms with Gasteiger partial charge in [0.2, 0.25) is 4.80 Å². The molecule has 1 amide bonds. The molecule has 0 saturated heterocycles. The van der Waals surface area contributed by atoms with Gasteiger partial charge in [-0.05, 0) is 54.1 Å². The molecule has 15 heteroatoms. The van der Waals surface area contributed by atoms with Gasteiger partial charge in [0.05, 0.1) is 19.2 Å². The number of nitrogens with zero attached hydrogens (tertiary/aromatic N) is 3. The zero-order valence-corrected chi connectivity index (χ0v) is 27.0. The maximum absolute atomic E-state index is 14.4. The van der Waals surface area contributed by atoms with Gasteiger partial charge >= 0.3 is 19.2 Å². The fourth-order valence-electron chi connectivity index (χ4n) is 4.21. The summed E-state index contributed by atoms with van der Waals surface area (Å²) >= 11 is 4.11. The first-order valence-corrected chi connectivity index (χ1v) is 16.5. The summed E-state index contributed by atoms with van der Waals surface area (Å²) in [5.41, 5.74) is -3.55. The third-order valence-electron chi connectivity index (χ3n) is 6.47. The highest BCUT2D eigenvalue weighted by Gasteiger charge is 2.51. The van der Waals surface area contributed by atoms with E-state index in [9.17, 15) is 22.9 Å². The average Bonchev–Trinajstić information content (AvgIpc) is 3.42. The number of rotatable bonds is 9. The van der Waals surface area contributed by atoms with E-state index in [1.54, 1.807) is 78.9 Å². The van der Waals surface area contributed by atoms with Gasteiger partial charge in [-0.2, -0.15) is 18.9 Å². The van der Waals surface area contributed by atoms with E-state index in [1.165, 1.54) is 23.9 Å². The Morgan fingerprint density at radius 2 is 1.63 bits per heavy atom. The second-order valence-electron chi connectivity index (χ2n) is 9.68. The normalized spacial score (nSPS) is 12.2. The number of carbonyl (C=O) groups excluding carboxylic acids is 2. The Bertz CT molecular complexity index is 2050. The summed E-state index contributed by atoms with van der Waals surface area (Å²) in [6, 6.07) is 25.3. The smallest absolute Gasteiger partial charge is 0.399 e. The maximum atomic E-state index is 14.4. The van der Waals surface area contributed by atoms with Crippen LogP contribution in [0.15, 0.2) is 107 Å². The van der Waals surface area contributed by atoms with E-state index in [-0.39, 0.29) is 15.8 Å². The predicted octanol–water partition coefficient (Wildman–Crippen LogP) is 6.97. The van der Waals surface area contributed by atoms with E-state index in [0.29, 0.717) is 38.8 Å².